The summed E-state index contributed by atoms with van der Waals surface area (Å²) < 4.78 is 0. The first-order valence-electron chi connectivity index (χ1n) is 6.03. The number of nitrogens with zero attached hydrogens (tertiary/aromatic N) is 1. The second-order valence-corrected chi connectivity index (χ2v) is 5.21. The number of rotatable bonds is 2. The van der Waals surface area contributed by atoms with Crippen LogP contribution in [-0.4, -0.2) is 26.2 Å². The summed E-state index contributed by atoms with van der Waals surface area (Å²) in [7, 11) is 0. The Morgan fingerprint density at radius 1 is 1.00 bits per heavy atom. The van der Waals surface area contributed by atoms with Crippen molar-refractivity contribution in [3.05, 3.63) is 41.8 Å². The summed E-state index contributed by atoms with van der Waals surface area (Å²) in [4.78, 5) is 3.78. The van der Waals surface area contributed by atoms with E-state index in [2.05, 4.69) is 52.0 Å². The topological polar surface area (TPSA) is 15.3 Å². The number of hydrogen-bond donors (Lipinski definition) is 1. The Morgan fingerprint density at radius 3 is 2.41 bits per heavy atom. The van der Waals surface area contributed by atoms with E-state index >= 15 is 0 Å². The van der Waals surface area contributed by atoms with Gasteiger partial charge in [0, 0.05) is 36.7 Å². The van der Waals surface area contributed by atoms with Gasteiger partial charge in [-0.1, -0.05) is 18.2 Å². The maximum atomic E-state index is 3.38. The van der Waals surface area contributed by atoms with Gasteiger partial charge in [-0.3, -0.25) is 0 Å². The first-order valence-corrected chi connectivity index (χ1v) is 6.91. The van der Waals surface area contributed by atoms with Crippen LogP contribution in [0.15, 0.2) is 41.8 Å². The van der Waals surface area contributed by atoms with E-state index in [-0.39, 0.29) is 0 Å². The largest absolute Gasteiger partial charge is 0.369 e. The van der Waals surface area contributed by atoms with Crippen molar-refractivity contribution in [1.29, 1.82) is 0 Å². The van der Waals surface area contributed by atoms with Gasteiger partial charge in [0.1, 0.15) is 0 Å². The van der Waals surface area contributed by atoms with Crippen LogP contribution in [-0.2, 0) is 0 Å². The van der Waals surface area contributed by atoms with Crippen molar-refractivity contribution in [2.45, 2.75) is 0 Å². The smallest absolute Gasteiger partial charge is 0.0367 e. The summed E-state index contributed by atoms with van der Waals surface area (Å²) in [5.41, 5.74) is 2.66. The van der Waals surface area contributed by atoms with Crippen LogP contribution >= 0.6 is 11.3 Å². The summed E-state index contributed by atoms with van der Waals surface area (Å²) in [5, 5.41) is 5.50. The Bertz CT molecular complexity index is 455. The standard InChI is InChI=1S/C14H16N2S/c1-2-14(17-11-1)12-3-5-13(6-4-12)16-9-7-15-8-10-16/h1-6,11,15H,7-10H2. The number of hydrogen-bond acceptors (Lipinski definition) is 3. The van der Waals surface area contributed by atoms with Gasteiger partial charge in [-0.05, 0) is 29.1 Å². The molecule has 0 radical (unpaired) electrons. The molecular formula is C14H16N2S. The quantitative estimate of drug-likeness (QED) is 0.874. The SMILES string of the molecule is c1csc(-c2ccc(N3CCNCC3)cc2)c1. The van der Waals surface area contributed by atoms with Crippen molar-refractivity contribution in [3.8, 4) is 10.4 Å². The van der Waals surface area contributed by atoms with E-state index in [1.165, 1.54) is 16.1 Å². The van der Waals surface area contributed by atoms with E-state index in [1.54, 1.807) is 11.3 Å². The Morgan fingerprint density at radius 2 is 1.76 bits per heavy atom. The number of nitrogens with one attached hydrogen (secondary N) is 1. The Labute approximate surface area is 106 Å². The molecule has 1 aromatic heterocycles. The molecule has 1 aliphatic rings. The Kier molecular flexibility index (Phi) is 3.12. The molecule has 1 saturated heterocycles. The van der Waals surface area contributed by atoms with E-state index in [0.717, 1.165) is 26.2 Å². The highest BCUT2D eigenvalue weighted by molar-refractivity contribution is 7.13. The van der Waals surface area contributed by atoms with Gasteiger partial charge in [-0.25, -0.2) is 0 Å². The van der Waals surface area contributed by atoms with Crippen LogP contribution < -0.4 is 10.2 Å². The molecule has 1 aromatic carbocycles. The molecule has 0 saturated carbocycles. The summed E-state index contributed by atoms with van der Waals surface area (Å²) in [5.74, 6) is 0. The molecule has 3 heteroatoms. The molecule has 3 rings (SSSR count). The predicted molar refractivity (Wildman–Crippen MR) is 74.8 cm³/mol. The minimum atomic E-state index is 1.09. The fraction of sp³-hybridized carbons (Fsp3) is 0.286. The highest BCUT2D eigenvalue weighted by Crippen LogP contribution is 2.26. The highest BCUT2D eigenvalue weighted by atomic mass is 32.1. The van der Waals surface area contributed by atoms with Crippen LogP contribution in [0, 0.1) is 0 Å². The monoisotopic (exact) mass is 244 g/mol. The van der Waals surface area contributed by atoms with Crippen LogP contribution in [0.5, 0.6) is 0 Å². The van der Waals surface area contributed by atoms with Crippen molar-refractivity contribution in [2.75, 3.05) is 31.1 Å². The van der Waals surface area contributed by atoms with E-state index in [0.29, 0.717) is 0 Å². The van der Waals surface area contributed by atoms with Gasteiger partial charge in [0.05, 0.1) is 0 Å². The van der Waals surface area contributed by atoms with Crippen molar-refractivity contribution in [2.24, 2.45) is 0 Å². The van der Waals surface area contributed by atoms with Crippen LogP contribution in [0.25, 0.3) is 10.4 Å². The molecule has 0 bridgehead atoms. The maximum Gasteiger partial charge on any atom is 0.0367 e. The molecule has 2 aromatic rings. The van der Waals surface area contributed by atoms with Gasteiger partial charge in [-0.2, -0.15) is 0 Å². The van der Waals surface area contributed by atoms with Gasteiger partial charge in [0.25, 0.3) is 0 Å². The third-order valence-corrected chi connectivity index (χ3v) is 4.07. The molecule has 88 valence electrons. The maximum absolute atomic E-state index is 3.38. The number of anilines is 1. The van der Waals surface area contributed by atoms with Gasteiger partial charge in [0.15, 0.2) is 0 Å². The molecule has 0 amide bonds. The van der Waals surface area contributed by atoms with E-state index in [4.69, 9.17) is 0 Å². The van der Waals surface area contributed by atoms with Crippen LogP contribution in [0.2, 0.25) is 0 Å². The lowest BCUT2D eigenvalue weighted by Gasteiger charge is -2.29. The van der Waals surface area contributed by atoms with Gasteiger partial charge >= 0.3 is 0 Å². The summed E-state index contributed by atoms with van der Waals surface area (Å²) in [6.07, 6.45) is 0. The molecule has 17 heavy (non-hydrogen) atoms. The van der Waals surface area contributed by atoms with Crippen LogP contribution in [0.4, 0.5) is 5.69 Å². The van der Waals surface area contributed by atoms with Crippen molar-refractivity contribution in [3.63, 3.8) is 0 Å². The Hall–Kier alpha value is -1.32. The third-order valence-electron chi connectivity index (χ3n) is 3.16. The van der Waals surface area contributed by atoms with Crippen molar-refractivity contribution >= 4 is 17.0 Å². The predicted octanol–water partition coefficient (Wildman–Crippen LogP) is 2.82. The molecule has 1 N–H and O–H groups in total. The second kappa shape index (κ2) is 4.90. The molecule has 1 aliphatic heterocycles. The number of benzene rings is 1. The average Bonchev–Trinajstić information content (AvgIpc) is 2.94. The average molecular weight is 244 g/mol. The molecule has 0 spiro atoms. The minimum Gasteiger partial charge on any atom is -0.369 e. The summed E-state index contributed by atoms with van der Waals surface area (Å²) in [6, 6.07) is 13.2. The molecule has 0 atom stereocenters. The molecule has 2 nitrogen and oxygen atoms in total. The first kappa shape index (κ1) is 10.8. The van der Waals surface area contributed by atoms with E-state index < -0.39 is 0 Å². The van der Waals surface area contributed by atoms with Gasteiger partial charge in [0.2, 0.25) is 0 Å². The molecule has 1 fully saturated rings. The lowest BCUT2D eigenvalue weighted by atomic mass is 10.1. The molecular weight excluding hydrogens is 228 g/mol. The molecule has 0 aliphatic carbocycles. The van der Waals surface area contributed by atoms with E-state index in [9.17, 15) is 0 Å². The normalized spacial score (nSPS) is 16.1. The zero-order valence-electron chi connectivity index (χ0n) is 9.73. The second-order valence-electron chi connectivity index (χ2n) is 4.26. The lowest BCUT2D eigenvalue weighted by molar-refractivity contribution is 0.589. The lowest BCUT2D eigenvalue weighted by Crippen LogP contribution is -2.43. The van der Waals surface area contributed by atoms with Crippen molar-refractivity contribution in [1.82, 2.24) is 5.32 Å². The first-order chi connectivity index (χ1) is 8.43. The van der Waals surface area contributed by atoms with Crippen LogP contribution in [0.1, 0.15) is 0 Å². The Balaban J connectivity index is 1.80. The summed E-state index contributed by atoms with van der Waals surface area (Å²) in [6.45, 7) is 4.40. The number of thiophene rings is 1. The third kappa shape index (κ3) is 2.35. The van der Waals surface area contributed by atoms with Gasteiger partial charge in [-0.15, -0.1) is 11.3 Å². The van der Waals surface area contributed by atoms with Crippen molar-refractivity contribution < 1.29 is 0 Å². The van der Waals surface area contributed by atoms with Gasteiger partial charge < -0.3 is 10.2 Å². The highest BCUT2D eigenvalue weighted by Gasteiger charge is 2.10. The number of piperazine rings is 1. The fourth-order valence-corrected chi connectivity index (χ4v) is 2.94. The molecule has 2 heterocycles. The summed E-state index contributed by atoms with van der Waals surface area (Å²) >= 11 is 1.79. The minimum absolute atomic E-state index is 1.09. The zero-order valence-corrected chi connectivity index (χ0v) is 10.5. The zero-order chi connectivity index (χ0) is 11.5. The fourth-order valence-electron chi connectivity index (χ4n) is 2.20. The van der Waals surface area contributed by atoms with Crippen LogP contribution in [0.3, 0.4) is 0 Å². The molecule has 0 unspecified atom stereocenters. The van der Waals surface area contributed by atoms with E-state index in [1.807, 2.05) is 0 Å².